The SMILES string of the molecule is CC(C)(C)OC(=O)N1CCC2(CC1)CN(C(=O)c1ccccc1F)CC1(CC1)O2. The molecule has 2 heterocycles. The molecule has 1 aromatic rings. The number of hydrogen-bond acceptors (Lipinski definition) is 4. The first-order chi connectivity index (χ1) is 13.6. The van der Waals surface area contributed by atoms with Crippen LogP contribution in [0.3, 0.4) is 0 Å². The van der Waals surface area contributed by atoms with E-state index in [1.807, 2.05) is 20.8 Å². The summed E-state index contributed by atoms with van der Waals surface area (Å²) in [5.41, 5.74) is -1.23. The van der Waals surface area contributed by atoms with Gasteiger partial charge in [0.2, 0.25) is 0 Å². The predicted octanol–water partition coefficient (Wildman–Crippen LogP) is 3.60. The Labute approximate surface area is 170 Å². The van der Waals surface area contributed by atoms with Gasteiger partial charge in [-0.25, -0.2) is 9.18 Å². The summed E-state index contributed by atoms with van der Waals surface area (Å²) in [5.74, 6) is -0.783. The molecule has 2 spiro atoms. The second kappa shape index (κ2) is 6.97. The maximum atomic E-state index is 14.2. The highest BCUT2D eigenvalue weighted by Crippen LogP contribution is 2.49. The van der Waals surface area contributed by atoms with Crippen LogP contribution in [0.4, 0.5) is 9.18 Å². The number of amides is 2. The van der Waals surface area contributed by atoms with Gasteiger partial charge in [0.15, 0.2) is 0 Å². The lowest BCUT2D eigenvalue weighted by Gasteiger charge is -2.50. The molecular formula is C22H29FN2O4. The Morgan fingerprint density at radius 3 is 2.14 bits per heavy atom. The van der Waals surface area contributed by atoms with Gasteiger partial charge in [-0.05, 0) is 58.6 Å². The van der Waals surface area contributed by atoms with Crippen LogP contribution in [0.5, 0.6) is 0 Å². The van der Waals surface area contributed by atoms with Crippen LogP contribution in [-0.2, 0) is 9.47 Å². The minimum Gasteiger partial charge on any atom is -0.444 e. The molecule has 0 bridgehead atoms. The van der Waals surface area contributed by atoms with E-state index in [1.54, 1.807) is 21.9 Å². The second-order valence-electron chi connectivity index (χ2n) is 9.58. The fourth-order valence-corrected chi connectivity index (χ4v) is 4.31. The molecule has 2 saturated heterocycles. The number of halogens is 1. The Balaban J connectivity index is 1.47. The molecule has 3 fully saturated rings. The first-order valence-corrected chi connectivity index (χ1v) is 10.3. The lowest BCUT2D eigenvalue weighted by molar-refractivity contribution is -0.178. The third-order valence-corrected chi connectivity index (χ3v) is 5.92. The molecule has 0 radical (unpaired) electrons. The molecule has 0 aromatic heterocycles. The van der Waals surface area contributed by atoms with Crippen molar-refractivity contribution in [2.75, 3.05) is 26.2 Å². The first kappa shape index (κ1) is 20.1. The van der Waals surface area contributed by atoms with Crippen molar-refractivity contribution < 1.29 is 23.5 Å². The summed E-state index contributed by atoms with van der Waals surface area (Å²) in [5, 5.41) is 0. The summed E-state index contributed by atoms with van der Waals surface area (Å²) in [7, 11) is 0. The van der Waals surface area contributed by atoms with E-state index in [2.05, 4.69) is 0 Å². The smallest absolute Gasteiger partial charge is 0.410 e. The molecule has 29 heavy (non-hydrogen) atoms. The highest BCUT2D eigenvalue weighted by molar-refractivity contribution is 5.94. The third-order valence-electron chi connectivity index (χ3n) is 5.92. The van der Waals surface area contributed by atoms with Crippen molar-refractivity contribution in [3.8, 4) is 0 Å². The van der Waals surface area contributed by atoms with E-state index in [0.717, 1.165) is 12.8 Å². The second-order valence-corrected chi connectivity index (χ2v) is 9.58. The predicted molar refractivity (Wildman–Crippen MR) is 105 cm³/mol. The van der Waals surface area contributed by atoms with Gasteiger partial charge in [-0.15, -0.1) is 0 Å². The molecule has 6 nitrogen and oxygen atoms in total. The summed E-state index contributed by atoms with van der Waals surface area (Å²) in [4.78, 5) is 28.9. The maximum Gasteiger partial charge on any atom is 0.410 e. The van der Waals surface area contributed by atoms with Gasteiger partial charge in [0, 0.05) is 13.1 Å². The quantitative estimate of drug-likeness (QED) is 0.718. The topological polar surface area (TPSA) is 59.1 Å². The van der Waals surface area contributed by atoms with Crippen molar-refractivity contribution in [1.29, 1.82) is 0 Å². The van der Waals surface area contributed by atoms with Crippen molar-refractivity contribution in [2.24, 2.45) is 0 Å². The summed E-state index contributed by atoms with van der Waals surface area (Å²) in [6.45, 7) is 7.51. The molecular weight excluding hydrogens is 375 g/mol. The highest BCUT2D eigenvalue weighted by atomic mass is 19.1. The van der Waals surface area contributed by atoms with E-state index in [0.29, 0.717) is 39.0 Å². The zero-order valence-corrected chi connectivity index (χ0v) is 17.4. The number of carbonyl (C=O) groups is 2. The van der Waals surface area contributed by atoms with Crippen molar-refractivity contribution in [1.82, 2.24) is 9.80 Å². The normalized spacial score (nSPS) is 22.6. The molecule has 4 rings (SSSR count). The van der Waals surface area contributed by atoms with Crippen LogP contribution < -0.4 is 0 Å². The lowest BCUT2D eigenvalue weighted by atomic mass is 9.88. The van der Waals surface area contributed by atoms with Gasteiger partial charge in [0.25, 0.3) is 5.91 Å². The van der Waals surface area contributed by atoms with Gasteiger partial charge in [0.05, 0.1) is 29.9 Å². The van der Waals surface area contributed by atoms with E-state index in [4.69, 9.17) is 9.47 Å². The number of nitrogens with zero attached hydrogens (tertiary/aromatic N) is 2. The minimum absolute atomic E-state index is 0.103. The molecule has 158 valence electrons. The molecule has 0 atom stereocenters. The van der Waals surface area contributed by atoms with E-state index >= 15 is 0 Å². The Hall–Kier alpha value is -2.15. The molecule has 2 aliphatic heterocycles. The monoisotopic (exact) mass is 404 g/mol. The fourth-order valence-electron chi connectivity index (χ4n) is 4.31. The molecule has 0 unspecified atom stereocenters. The van der Waals surface area contributed by atoms with Gasteiger partial charge in [0.1, 0.15) is 11.4 Å². The van der Waals surface area contributed by atoms with Crippen LogP contribution in [0.1, 0.15) is 56.8 Å². The molecule has 3 aliphatic rings. The van der Waals surface area contributed by atoms with Crippen molar-refractivity contribution >= 4 is 12.0 Å². The summed E-state index contributed by atoms with van der Waals surface area (Å²) in [6, 6.07) is 6.11. The summed E-state index contributed by atoms with van der Waals surface area (Å²) < 4.78 is 26.2. The fraction of sp³-hybridized carbons (Fsp3) is 0.636. The molecule has 1 aromatic carbocycles. The number of ether oxygens (including phenoxy) is 2. The number of piperidine rings is 1. The Kier molecular flexibility index (Phi) is 4.84. The van der Waals surface area contributed by atoms with Crippen LogP contribution in [0, 0.1) is 5.82 Å². The van der Waals surface area contributed by atoms with Gasteiger partial charge in [-0.2, -0.15) is 0 Å². The average Bonchev–Trinajstić information content (AvgIpc) is 3.38. The number of morpholine rings is 1. The Morgan fingerprint density at radius 1 is 1.00 bits per heavy atom. The Bertz CT molecular complexity index is 807. The van der Waals surface area contributed by atoms with Crippen LogP contribution in [0.25, 0.3) is 0 Å². The summed E-state index contributed by atoms with van der Waals surface area (Å²) in [6.07, 6.45) is 2.77. The zero-order chi connectivity index (χ0) is 20.9. The molecule has 1 saturated carbocycles. The lowest BCUT2D eigenvalue weighted by Crippen LogP contribution is -2.62. The van der Waals surface area contributed by atoms with E-state index in [-0.39, 0.29) is 23.2 Å². The summed E-state index contributed by atoms with van der Waals surface area (Å²) >= 11 is 0. The average molecular weight is 404 g/mol. The maximum absolute atomic E-state index is 14.2. The standard InChI is InChI=1S/C22H29FN2O4/c1-20(2,3)28-19(27)24-12-10-22(11-13-24)15-25(14-21(29-22)8-9-21)18(26)16-6-4-5-7-17(16)23/h4-7H,8-15H2,1-3H3. The molecule has 2 amide bonds. The molecule has 1 aliphatic carbocycles. The van der Waals surface area contributed by atoms with Crippen molar-refractivity contribution in [3.63, 3.8) is 0 Å². The van der Waals surface area contributed by atoms with Gasteiger partial charge in [-0.3, -0.25) is 4.79 Å². The number of benzene rings is 1. The highest BCUT2D eigenvalue weighted by Gasteiger charge is 2.57. The van der Waals surface area contributed by atoms with Gasteiger partial charge in [-0.1, -0.05) is 12.1 Å². The number of likely N-dealkylation sites (tertiary alicyclic amines) is 1. The van der Waals surface area contributed by atoms with Crippen LogP contribution in [-0.4, -0.2) is 64.8 Å². The largest absolute Gasteiger partial charge is 0.444 e. The first-order valence-electron chi connectivity index (χ1n) is 10.3. The van der Waals surface area contributed by atoms with E-state index in [1.165, 1.54) is 12.1 Å². The van der Waals surface area contributed by atoms with E-state index < -0.39 is 17.0 Å². The number of carbonyl (C=O) groups excluding carboxylic acids is 2. The number of hydrogen-bond donors (Lipinski definition) is 0. The molecule has 7 heteroatoms. The van der Waals surface area contributed by atoms with Gasteiger partial charge >= 0.3 is 6.09 Å². The Morgan fingerprint density at radius 2 is 1.59 bits per heavy atom. The van der Waals surface area contributed by atoms with Gasteiger partial charge < -0.3 is 19.3 Å². The van der Waals surface area contributed by atoms with Crippen molar-refractivity contribution in [2.45, 2.75) is 63.3 Å². The van der Waals surface area contributed by atoms with Crippen LogP contribution in [0.2, 0.25) is 0 Å². The van der Waals surface area contributed by atoms with Crippen molar-refractivity contribution in [3.05, 3.63) is 35.6 Å². The zero-order valence-electron chi connectivity index (χ0n) is 17.4. The van der Waals surface area contributed by atoms with Crippen LogP contribution >= 0.6 is 0 Å². The molecule has 0 N–H and O–H groups in total. The number of rotatable bonds is 1. The minimum atomic E-state index is -0.533. The third kappa shape index (κ3) is 4.25. The van der Waals surface area contributed by atoms with Crippen LogP contribution in [0.15, 0.2) is 24.3 Å². The van der Waals surface area contributed by atoms with E-state index in [9.17, 15) is 14.0 Å².